The summed E-state index contributed by atoms with van der Waals surface area (Å²) in [6, 6.07) is 0. The van der Waals surface area contributed by atoms with Crippen LogP contribution >= 0.6 is 0 Å². The fourth-order valence-corrected chi connectivity index (χ4v) is 3.57. The summed E-state index contributed by atoms with van der Waals surface area (Å²) >= 11 is 0. The van der Waals surface area contributed by atoms with E-state index in [4.69, 9.17) is 0 Å². The Labute approximate surface area is 157 Å². The molecular formula is C21H34O5. The summed E-state index contributed by atoms with van der Waals surface area (Å²) in [6.07, 6.45) is 10.8. The molecule has 1 aliphatic rings. The van der Waals surface area contributed by atoms with E-state index in [2.05, 4.69) is 11.7 Å². The SMILES string of the molecule is CCCCCC(=O)CC[C@H]1[C@H](O)CC(=O)[C@H]1C/C=C\CCCC(=O)OC. The molecule has 1 rings (SSSR count). The van der Waals surface area contributed by atoms with Gasteiger partial charge in [0.25, 0.3) is 0 Å². The summed E-state index contributed by atoms with van der Waals surface area (Å²) in [4.78, 5) is 35.2. The molecule has 0 unspecified atom stereocenters. The van der Waals surface area contributed by atoms with Crippen molar-refractivity contribution in [2.24, 2.45) is 11.8 Å². The van der Waals surface area contributed by atoms with Gasteiger partial charge in [-0.1, -0.05) is 31.9 Å². The Hall–Kier alpha value is -1.49. The third-order valence-electron chi connectivity index (χ3n) is 5.19. The maximum Gasteiger partial charge on any atom is 0.305 e. The summed E-state index contributed by atoms with van der Waals surface area (Å²) in [5.41, 5.74) is 0. The van der Waals surface area contributed by atoms with Crippen LogP contribution in [0.1, 0.15) is 77.6 Å². The molecule has 1 fully saturated rings. The minimum atomic E-state index is -0.622. The van der Waals surface area contributed by atoms with Gasteiger partial charge in [0.1, 0.15) is 11.6 Å². The largest absolute Gasteiger partial charge is 0.469 e. The number of carbonyl (C=O) groups is 3. The van der Waals surface area contributed by atoms with Crippen molar-refractivity contribution in [1.29, 1.82) is 0 Å². The molecule has 5 nitrogen and oxygen atoms in total. The molecule has 1 aliphatic carbocycles. The molecule has 1 saturated carbocycles. The van der Waals surface area contributed by atoms with Crippen LogP contribution in [0.4, 0.5) is 0 Å². The van der Waals surface area contributed by atoms with Gasteiger partial charge in [-0.15, -0.1) is 0 Å². The summed E-state index contributed by atoms with van der Waals surface area (Å²) < 4.78 is 4.59. The Morgan fingerprint density at radius 1 is 1.15 bits per heavy atom. The molecule has 0 aliphatic heterocycles. The molecular weight excluding hydrogens is 332 g/mol. The second kappa shape index (κ2) is 12.8. The lowest BCUT2D eigenvalue weighted by atomic mass is 9.86. The van der Waals surface area contributed by atoms with E-state index in [-0.39, 0.29) is 35.8 Å². The number of carbonyl (C=O) groups excluding carboxylic acids is 3. The molecule has 0 saturated heterocycles. The highest BCUT2D eigenvalue weighted by Crippen LogP contribution is 2.35. The molecule has 5 heteroatoms. The zero-order chi connectivity index (χ0) is 19.4. The number of ketones is 2. The first-order valence-electron chi connectivity index (χ1n) is 9.93. The second-order valence-corrected chi connectivity index (χ2v) is 7.22. The van der Waals surface area contributed by atoms with Crippen LogP contribution in [0.25, 0.3) is 0 Å². The van der Waals surface area contributed by atoms with E-state index < -0.39 is 6.10 Å². The molecule has 0 bridgehead atoms. The van der Waals surface area contributed by atoms with Gasteiger partial charge in [0.15, 0.2) is 0 Å². The molecule has 0 radical (unpaired) electrons. The summed E-state index contributed by atoms with van der Waals surface area (Å²) in [6.45, 7) is 2.11. The number of hydrogen-bond donors (Lipinski definition) is 1. The predicted octanol–water partition coefficient (Wildman–Crippen LogP) is 3.77. The van der Waals surface area contributed by atoms with Crippen molar-refractivity contribution in [1.82, 2.24) is 0 Å². The lowest BCUT2D eigenvalue weighted by Crippen LogP contribution is -2.21. The van der Waals surface area contributed by atoms with Crippen molar-refractivity contribution < 1.29 is 24.2 Å². The molecule has 148 valence electrons. The maximum atomic E-state index is 12.2. The van der Waals surface area contributed by atoms with Crippen LogP contribution < -0.4 is 0 Å². The van der Waals surface area contributed by atoms with Crippen LogP contribution in [0.5, 0.6) is 0 Å². The monoisotopic (exact) mass is 366 g/mol. The number of hydrogen-bond acceptors (Lipinski definition) is 5. The fraction of sp³-hybridized carbons (Fsp3) is 0.762. The number of Topliss-reactive ketones (excluding diaryl/α,β-unsaturated/α-hetero) is 2. The fourth-order valence-electron chi connectivity index (χ4n) is 3.57. The zero-order valence-electron chi connectivity index (χ0n) is 16.2. The minimum Gasteiger partial charge on any atom is -0.469 e. The molecule has 26 heavy (non-hydrogen) atoms. The van der Waals surface area contributed by atoms with Gasteiger partial charge in [0.2, 0.25) is 0 Å². The normalized spacial score (nSPS) is 22.9. The molecule has 0 aromatic carbocycles. The Morgan fingerprint density at radius 2 is 1.92 bits per heavy atom. The number of unbranched alkanes of at least 4 members (excludes halogenated alkanes) is 3. The predicted molar refractivity (Wildman–Crippen MR) is 101 cm³/mol. The highest BCUT2D eigenvalue weighted by Gasteiger charge is 2.40. The van der Waals surface area contributed by atoms with E-state index in [0.717, 1.165) is 32.1 Å². The third-order valence-corrected chi connectivity index (χ3v) is 5.19. The van der Waals surface area contributed by atoms with E-state index in [1.807, 2.05) is 12.2 Å². The molecule has 0 heterocycles. The van der Waals surface area contributed by atoms with Gasteiger partial charge < -0.3 is 9.84 Å². The average molecular weight is 366 g/mol. The first-order valence-corrected chi connectivity index (χ1v) is 9.93. The molecule has 1 N–H and O–H groups in total. The van der Waals surface area contributed by atoms with Gasteiger partial charge in [-0.05, 0) is 38.0 Å². The Bertz CT molecular complexity index is 483. The maximum absolute atomic E-state index is 12.2. The van der Waals surface area contributed by atoms with Crippen molar-refractivity contribution in [2.75, 3.05) is 7.11 Å². The summed E-state index contributed by atoms with van der Waals surface area (Å²) in [5, 5.41) is 10.2. The molecule has 3 atom stereocenters. The van der Waals surface area contributed by atoms with E-state index in [1.54, 1.807) is 0 Å². The van der Waals surface area contributed by atoms with Crippen LogP contribution in [-0.4, -0.2) is 35.9 Å². The number of rotatable bonds is 13. The van der Waals surface area contributed by atoms with Gasteiger partial charge in [0.05, 0.1) is 13.2 Å². The van der Waals surface area contributed by atoms with Gasteiger partial charge in [-0.25, -0.2) is 0 Å². The second-order valence-electron chi connectivity index (χ2n) is 7.22. The van der Waals surface area contributed by atoms with Crippen LogP contribution in [0.15, 0.2) is 12.2 Å². The minimum absolute atomic E-state index is 0.0974. The smallest absolute Gasteiger partial charge is 0.305 e. The van der Waals surface area contributed by atoms with Crippen molar-refractivity contribution >= 4 is 17.5 Å². The number of ether oxygens (including phenoxy) is 1. The number of aliphatic hydroxyl groups excluding tert-OH is 1. The van der Waals surface area contributed by atoms with Gasteiger partial charge in [-0.3, -0.25) is 14.4 Å². The molecule has 0 aromatic heterocycles. The standard InChI is InChI=1S/C21H34O5/c1-3-4-7-10-16(22)13-14-18-17(19(23)15-20(18)24)11-8-5-6-9-12-21(25)26-2/h5,8,17-18,20,24H,3-4,6-7,9-15H2,1-2H3/b8-5-/t17-,18+,20+/m0/s1. The molecule has 0 amide bonds. The molecule has 0 aromatic rings. The Kier molecular flexibility index (Phi) is 11.1. The highest BCUT2D eigenvalue weighted by atomic mass is 16.5. The Morgan fingerprint density at radius 3 is 2.62 bits per heavy atom. The van der Waals surface area contributed by atoms with E-state index in [1.165, 1.54) is 7.11 Å². The highest BCUT2D eigenvalue weighted by molar-refractivity contribution is 5.84. The van der Waals surface area contributed by atoms with Crippen molar-refractivity contribution in [3.63, 3.8) is 0 Å². The van der Waals surface area contributed by atoms with Crippen LogP contribution in [0.3, 0.4) is 0 Å². The number of esters is 1. The van der Waals surface area contributed by atoms with E-state index in [9.17, 15) is 19.5 Å². The van der Waals surface area contributed by atoms with Crippen molar-refractivity contribution in [2.45, 2.75) is 83.7 Å². The van der Waals surface area contributed by atoms with E-state index in [0.29, 0.717) is 32.1 Å². The van der Waals surface area contributed by atoms with Crippen LogP contribution in [0.2, 0.25) is 0 Å². The Balaban J connectivity index is 2.38. The van der Waals surface area contributed by atoms with Crippen molar-refractivity contribution in [3.05, 3.63) is 12.2 Å². The van der Waals surface area contributed by atoms with Gasteiger partial charge in [-0.2, -0.15) is 0 Å². The number of allylic oxidation sites excluding steroid dienone is 2. The third kappa shape index (κ3) is 8.26. The lowest BCUT2D eigenvalue weighted by molar-refractivity contribution is -0.140. The number of aliphatic hydroxyl groups is 1. The van der Waals surface area contributed by atoms with Crippen molar-refractivity contribution in [3.8, 4) is 0 Å². The number of methoxy groups -OCH3 is 1. The quantitative estimate of drug-likeness (QED) is 0.305. The first kappa shape index (κ1) is 22.6. The zero-order valence-corrected chi connectivity index (χ0v) is 16.2. The van der Waals surface area contributed by atoms with E-state index >= 15 is 0 Å². The van der Waals surface area contributed by atoms with Gasteiger partial charge in [0, 0.05) is 31.6 Å². The first-order chi connectivity index (χ1) is 12.5. The topological polar surface area (TPSA) is 80.7 Å². The molecule has 0 spiro atoms. The van der Waals surface area contributed by atoms with Gasteiger partial charge >= 0.3 is 5.97 Å². The van der Waals surface area contributed by atoms with Crippen LogP contribution in [0, 0.1) is 11.8 Å². The van der Waals surface area contributed by atoms with Crippen LogP contribution in [-0.2, 0) is 19.1 Å². The lowest BCUT2D eigenvalue weighted by Gasteiger charge is -2.19. The summed E-state index contributed by atoms with van der Waals surface area (Å²) in [5.74, 6) is -0.180. The summed E-state index contributed by atoms with van der Waals surface area (Å²) in [7, 11) is 1.38. The average Bonchev–Trinajstić information content (AvgIpc) is 2.89.